The Morgan fingerprint density at radius 1 is 1.06 bits per heavy atom. The highest BCUT2D eigenvalue weighted by molar-refractivity contribution is 7.89. The van der Waals surface area contributed by atoms with Gasteiger partial charge in [-0.05, 0) is 35.7 Å². The second-order valence-electron chi connectivity index (χ2n) is 7.22. The minimum absolute atomic E-state index is 0.0341. The summed E-state index contributed by atoms with van der Waals surface area (Å²) in [5, 5.41) is 9.34. The molecule has 0 saturated carbocycles. The number of sulfonamides is 1. The van der Waals surface area contributed by atoms with Gasteiger partial charge < -0.3 is 10.3 Å². The molecule has 0 amide bonds. The molecule has 31 heavy (non-hydrogen) atoms. The highest BCUT2D eigenvalue weighted by Gasteiger charge is 2.24. The lowest BCUT2D eigenvalue weighted by molar-refractivity contribution is 0.0945. The summed E-state index contributed by atoms with van der Waals surface area (Å²) in [5.74, 6) is -0.0341. The largest absolute Gasteiger partial charge is 0.359 e. The number of nitrogens with zero attached hydrogens (tertiary/aromatic N) is 1. The van der Waals surface area contributed by atoms with Gasteiger partial charge in [0.1, 0.15) is 0 Å². The number of carbonyl (C=O) groups is 1. The molecule has 0 unspecified atom stereocenters. The first-order valence-corrected chi connectivity index (χ1v) is 11.3. The van der Waals surface area contributed by atoms with Gasteiger partial charge in [-0.2, -0.15) is 0 Å². The Hall–Kier alpha value is -3.33. The summed E-state index contributed by atoms with van der Waals surface area (Å²) in [7, 11) is -3.71. The minimum Gasteiger partial charge on any atom is -0.359 e. The van der Waals surface area contributed by atoms with Crippen molar-refractivity contribution in [3.05, 3.63) is 95.9 Å². The summed E-state index contributed by atoms with van der Waals surface area (Å²) in [6, 6.07) is 17.3. The molecule has 2 aromatic heterocycles. The second kappa shape index (κ2) is 8.81. The van der Waals surface area contributed by atoms with Crippen molar-refractivity contribution in [2.24, 2.45) is 5.14 Å². The molecule has 8 heteroatoms. The maximum Gasteiger partial charge on any atom is 0.238 e. The first kappa shape index (κ1) is 20.9. The van der Waals surface area contributed by atoms with E-state index in [2.05, 4.69) is 15.3 Å². The van der Waals surface area contributed by atoms with Crippen LogP contribution in [-0.2, 0) is 16.4 Å². The zero-order valence-electron chi connectivity index (χ0n) is 16.7. The Morgan fingerprint density at radius 3 is 2.52 bits per heavy atom. The van der Waals surface area contributed by atoms with Crippen LogP contribution in [0.3, 0.4) is 0 Å². The second-order valence-corrected chi connectivity index (χ2v) is 8.79. The molecule has 2 aromatic carbocycles. The number of primary sulfonamides is 1. The first-order valence-electron chi connectivity index (χ1n) is 9.79. The van der Waals surface area contributed by atoms with Crippen molar-refractivity contribution < 1.29 is 13.2 Å². The van der Waals surface area contributed by atoms with Crippen LogP contribution in [0.1, 0.15) is 27.5 Å². The molecule has 0 bridgehead atoms. The third-order valence-corrected chi connectivity index (χ3v) is 6.09. The number of carbonyl (C=O) groups excluding carboxylic acids is 1. The molecule has 1 atom stereocenters. The number of Topliss-reactive ketones (excluding diaryl/α,β-unsaturated/α-hetero) is 1. The van der Waals surface area contributed by atoms with E-state index in [4.69, 9.17) is 5.14 Å². The van der Waals surface area contributed by atoms with Crippen LogP contribution in [0.2, 0.25) is 0 Å². The highest BCUT2D eigenvalue weighted by atomic mass is 32.2. The molecular formula is C23H22N4O3S. The number of hydrogen-bond acceptors (Lipinski definition) is 5. The monoisotopic (exact) mass is 434 g/mol. The van der Waals surface area contributed by atoms with Gasteiger partial charge in [0, 0.05) is 29.9 Å². The van der Waals surface area contributed by atoms with Crippen LogP contribution >= 0.6 is 0 Å². The van der Waals surface area contributed by atoms with Crippen LogP contribution in [0.25, 0.3) is 10.9 Å². The number of hydrogen-bond donors (Lipinski definition) is 3. The molecule has 2 heterocycles. The van der Waals surface area contributed by atoms with Crippen LogP contribution in [0.15, 0.2) is 84.1 Å². The number of rotatable bonds is 8. The van der Waals surface area contributed by atoms with E-state index in [-0.39, 0.29) is 10.7 Å². The maximum absolute atomic E-state index is 13.4. The molecule has 0 spiro atoms. The summed E-state index contributed by atoms with van der Waals surface area (Å²) >= 11 is 0. The van der Waals surface area contributed by atoms with Crippen LogP contribution in [0, 0.1) is 0 Å². The van der Waals surface area contributed by atoms with Crippen molar-refractivity contribution >= 4 is 26.7 Å². The Bertz CT molecular complexity index is 1300. The standard InChI is InChI=1S/C23H22N4O3S/c24-31(29,30)18-8-6-16(7-9-18)10-13-26-22(17-4-2-1-3-5-17)23(28)20-14-27-21-15-25-12-11-19(20)21/h1-9,11-12,14-15,22,26-27H,10,13H2,(H2,24,29,30)/t22-/m0/s1. The third-order valence-electron chi connectivity index (χ3n) is 5.16. The number of H-pyrrole nitrogens is 1. The van der Waals surface area contributed by atoms with E-state index < -0.39 is 16.1 Å². The summed E-state index contributed by atoms with van der Waals surface area (Å²) in [6.45, 7) is 0.532. The first-order chi connectivity index (χ1) is 14.9. The summed E-state index contributed by atoms with van der Waals surface area (Å²) in [4.78, 5) is 20.7. The SMILES string of the molecule is NS(=O)(=O)c1ccc(CCN[C@H](C(=O)c2c[nH]c3cnccc23)c2ccccc2)cc1. The van der Waals surface area contributed by atoms with Gasteiger partial charge in [-0.15, -0.1) is 0 Å². The molecule has 0 saturated heterocycles. The normalized spacial score (nSPS) is 12.7. The predicted octanol–water partition coefficient (Wildman–Crippen LogP) is 2.97. The third kappa shape index (κ3) is 4.72. The van der Waals surface area contributed by atoms with Gasteiger partial charge in [-0.3, -0.25) is 9.78 Å². The maximum atomic E-state index is 13.4. The van der Waals surface area contributed by atoms with Gasteiger partial charge in [-0.25, -0.2) is 13.6 Å². The van der Waals surface area contributed by atoms with Crippen LogP contribution in [0.5, 0.6) is 0 Å². The topological polar surface area (TPSA) is 118 Å². The Labute approximate surface area is 180 Å². The number of aromatic nitrogens is 2. The fraction of sp³-hybridized carbons (Fsp3) is 0.130. The van der Waals surface area contributed by atoms with Crippen LogP contribution < -0.4 is 10.5 Å². The van der Waals surface area contributed by atoms with Gasteiger partial charge in [-0.1, -0.05) is 42.5 Å². The van der Waals surface area contributed by atoms with Gasteiger partial charge in [0.15, 0.2) is 5.78 Å². The van der Waals surface area contributed by atoms with Crippen molar-refractivity contribution in [3.8, 4) is 0 Å². The number of ketones is 1. The fourth-order valence-corrected chi connectivity index (χ4v) is 4.06. The highest BCUT2D eigenvalue weighted by Crippen LogP contribution is 2.24. The lowest BCUT2D eigenvalue weighted by Crippen LogP contribution is -2.30. The lowest BCUT2D eigenvalue weighted by Gasteiger charge is -2.18. The Balaban J connectivity index is 1.53. The van der Waals surface area contributed by atoms with E-state index in [0.717, 1.165) is 22.0 Å². The van der Waals surface area contributed by atoms with Crippen molar-refractivity contribution in [1.82, 2.24) is 15.3 Å². The van der Waals surface area contributed by atoms with Crippen LogP contribution in [-0.4, -0.2) is 30.7 Å². The van der Waals surface area contributed by atoms with E-state index in [1.165, 1.54) is 12.1 Å². The number of aromatic amines is 1. The quantitative estimate of drug-likeness (QED) is 0.369. The number of fused-ring (bicyclic) bond motifs is 1. The molecule has 4 rings (SSSR count). The molecule has 0 radical (unpaired) electrons. The summed E-state index contributed by atoms with van der Waals surface area (Å²) in [5.41, 5.74) is 3.24. The number of pyridine rings is 1. The predicted molar refractivity (Wildman–Crippen MR) is 119 cm³/mol. The Morgan fingerprint density at radius 2 is 1.81 bits per heavy atom. The average Bonchev–Trinajstić information content (AvgIpc) is 3.21. The zero-order chi connectivity index (χ0) is 21.8. The number of nitrogens with two attached hydrogens (primary N) is 1. The fourth-order valence-electron chi connectivity index (χ4n) is 3.55. The Kier molecular flexibility index (Phi) is 5.94. The van der Waals surface area contributed by atoms with E-state index in [9.17, 15) is 13.2 Å². The van der Waals surface area contributed by atoms with Crippen molar-refractivity contribution in [3.63, 3.8) is 0 Å². The number of benzene rings is 2. The van der Waals surface area contributed by atoms with E-state index in [1.807, 2.05) is 36.4 Å². The zero-order valence-corrected chi connectivity index (χ0v) is 17.5. The molecule has 0 fully saturated rings. The molecule has 158 valence electrons. The average molecular weight is 435 g/mol. The molecule has 0 aliphatic rings. The van der Waals surface area contributed by atoms with Gasteiger partial charge in [0.2, 0.25) is 10.0 Å². The molecular weight excluding hydrogens is 412 g/mol. The molecule has 4 aromatic rings. The minimum atomic E-state index is -3.71. The van der Waals surface area contributed by atoms with Gasteiger partial charge in [0.05, 0.1) is 22.7 Å². The van der Waals surface area contributed by atoms with Gasteiger partial charge >= 0.3 is 0 Å². The van der Waals surface area contributed by atoms with Crippen molar-refractivity contribution in [2.75, 3.05) is 6.54 Å². The van der Waals surface area contributed by atoms with Gasteiger partial charge in [0.25, 0.3) is 0 Å². The van der Waals surface area contributed by atoms with Crippen molar-refractivity contribution in [1.29, 1.82) is 0 Å². The van der Waals surface area contributed by atoms with Crippen molar-refractivity contribution in [2.45, 2.75) is 17.4 Å². The van der Waals surface area contributed by atoms with E-state index in [0.29, 0.717) is 18.5 Å². The van der Waals surface area contributed by atoms with Crippen LogP contribution in [0.4, 0.5) is 0 Å². The lowest BCUT2D eigenvalue weighted by atomic mass is 9.97. The molecule has 4 N–H and O–H groups in total. The smallest absolute Gasteiger partial charge is 0.238 e. The van der Waals surface area contributed by atoms with E-state index in [1.54, 1.807) is 30.7 Å². The molecule has 7 nitrogen and oxygen atoms in total. The summed E-state index contributed by atoms with van der Waals surface area (Å²) in [6.07, 6.45) is 5.71. The number of nitrogens with one attached hydrogen (secondary N) is 2. The van der Waals surface area contributed by atoms with E-state index >= 15 is 0 Å². The summed E-state index contributed by atoms with van der Waals surface area (Å²) < 4.78 is 22.8. The molecule has 0 aliphatic carbocycles. The molecule has 0 aliphatic heterocycles.